The molecular formula is C13H10BrClN2O3S. The largest absolute Gasteiger partial charge is 0.475 e. The van der Waals surface area contributed by atoms with Gasteiger partial charge < -0.3 is 10.4 Å². The first-order chi connectivity index (χ1) is 9.90. The van der Waals surface area contributed by atoms with Gasteiger partial charge in [-0.25, -0.2) is 9.78 Å². The Kier molecular flexibility index (Phi) is 4.97. The second kappa shape index (κ2) is 6.55. The number of thiazole rings is 1. The fourth-order valence-electron chi connectivity index (χ4n) is 1.70. The van der Waals surface area contributed by atoms with Gasteiger partial charge in [-0.2, -0.15) is 0 Å². The molecule has 0 atom stereocenters. The van der Waals surface area contributed by atoms with Crippen molar-refractivity contribution in [3.8, 4) is 0 Å². The molecule has 2 rings (SSSR count). The summed E-state index contributed by atoms with van der Waals surface area (Å²) in [5.74, 6) is -2.46. The lowest BCUT2D eigenvalue weighted by molar-refractivity contribution is -0.131. The van der Waals surface area contributed by atoms with E-state index < -0.39 is 11.8 Å². The highest BCUT2D eigenvalue weighted by Crippen LogP contribution is 2.30. The topological polar surface area (TPSA) is 79.3 Å². The maximum Gasteiger partial charge on any atom is 0.377 e. The molecule has 0 radical (unpaired) electrons. The van der Waals surface area contributed by atoms with Crippen LogP contribution in [0, 0.1) is 6.92 Å². The molecular weight excluding hydrogens is 380 g/mol. The van der Waals surface area contributed by atoms with Crippen LogP contribution in [0.1, 0.15) is 20.8 Å². The molecule has 2 N–H and O–H groups in total. The van der Waals surface area contributed by atoms with E-state index >= 15 is 0 Å². The monoisotopic (exact) mass is 388 g/mol. The Hall–Kier alpha value is -1.44. The number of Topliss-reactive ketones (excluding diaryl/α,β-unsaturated/α-hetero) is 1. The van der Waals surface area contributed by atoms with Crippen LogP contribution in [-0.4, -0.2) is 21.8 Å². The molecule has 110 valence electrons. The van der Waals surface area contributed by atoms with Crippen LogP contribution in [0.3, 0.4) is 0 Å². The molecule has 0 unspecified atom stereocenters. The molecule has 8 heteroatoms. The molecule has 0 aliphatic heterocycles. The molecule has 0 fully saturated rings. The van der Waals surface area contributed by atoms with Crippen LogP contribution in [0.2, 0.25) is 4.47 Å². The van der Waals surface area contributed by atoms with E-state index in [0.29, 0.717) is 21.2 Å². The van der Waals surface area contributed by atoms with Gasteiger partial charge in [0.1, 0.15) is 0 Å². The lowest BCUT2D eigenvalue weighted by Gasteiger charge is -2.12. The van der Waals surface area contributed by atoms with E-state index in [1.54, 1.807) is 25.3 Å². The van der Waals surface area contributed by atoms with E-state index in [2.05, 4.69) is 26.2 Å². The van der Waals surface area contributed by atoms with Gasteiger partial charge in [0.2, 0.25) is 0 Å². The highest BCUT2D eigenvalue weighted by Gasteiger charge is 2.22. The quantitative estimate of drug-likeness (QED) is 0.601. The summed E-state index contributed by atoms with van der Waals surface area (Å²) in [4.78, 5) is 27.6. The third kappa shape index (κ3) is 3.61. The number of ketones is 1. The van der Waals surface area contributed by atoms with E-state index in [9.17, 15) is 9.59 Å². The smallest absolute Gasteiger partial charge is 0.377 e. The molecule has 21 heavy (non-hydrogen) atoms. The van der Waals surface area contributed by atoms with E-state index in [4.69, 9.17) is 16.7 Å². The lowest BCUT2D eigenvalue weighted by Crippen LogP contribution is -2.16. The van der Waals surface area contributed by atoms with Gasteiger partial charge in [0.15, 0.2) is 4.47 Å². The number of benzene rings is 1. The summed E-state index contributed by atoms with van der Waals surface area (Å²) in [6.07, 6.45) is 1.63. The molecule has 0 spiro atoms. The Labute approximate surface area is 138 Å². The number of aromatic nitrogens is 1. The highest BCUT2D eigenvalue weighted by molar-refractivity contribution is 9.10. The first-order valence-electron chi connectivity index (χ1n) is 5.81. The minimum atomic E-state index is -1.50. The Bertz CT molecular complexity index is 717. The molecule has 1 aromatic carbocycles. The van der Waals surface area contributed by atoms with Gasteiger partial charge >= 0.3 is 5.97 Å². The number of nitrogens with one attached hydrogen (secondary N) is 1. The minimum absolute atomic E-state index is 0.109. The number of carbonyl (C=O) groups excluding carboxylic acids is 1. The zero-order valence-corrected chi connectivity index (χ0v) is 14.0. The zero-order chi connectivity index (χ0) is 15.6. The Morgan fingerprint density at radius 1 is 1.48 bits per heavy atom. The van der Waals surface area contributed by atoms with Crippen LogP contribution in [0.25, 0.3) is 0 Å². The Morgan fingerprint density at radius 2 is 2.19 bits per heavy atom. The van der Waals surface area contributed by atoms with E-state index in [-0.39, 0.29) is 5.56 Å². The van der Waals surface area contributed by atoms with Crippen LogP contribution in [0.4, 0.5) is 5.69 Å². The molecule has 0 amide bonds. The minimum Gasteiger partial charge on any atom is -0.475 e. The number of anilines is 1. The maximum atomic E-state index is 11.9. The summed E-state index contributed by atoms with van der Waals surface area (Å²) in [6, 6.07) is 3.48. The third-order valence-electron chi connectivity index (χ3n) is 2.73. The van der Waals surface area contributed by atoms with E-state index in [1.165, 1.54) is 11.3 Å². The van der Waals surface area contributed by atoms with Crippen molar-refractivity contribution in [1.82, 2.24) is 4.98 Å². The number of carboxylic acid groups (broad SMARTS) is 1. The van der Waals surface area contributed by atoms with Crippen molar-refractivity contribution in [3.05, 3.63) is 43.3 Å². The van der Waals surface area contributed by atoms with Crippen molar-refractivity contribution in [1.29, 1.82) is 0 Å². The molecule has 1 aromatic heterocycles. The van der Waals surface area contributed by atoms with Gasteiger partial charge in [0, 0.05) is 21.2 Å². The molecule has 0 saturated carbocycles. The van der Waals surface area contributed by atoms with Crippen molar-refractivity contribution in [2.75, 3.05) is 5.32 Å². The number of hydrogen-bond acceptors (Lipinski definition) is 5. The highest BCUT2D eigenvalue weighted by atomic mass is 79.9. The van der Waals surface area contributed by atoms with Gasteiger partial charge in [-0.05, 0) is 34.5 Å². The van der Waals surface area contributed by atoms with E-state index in [1.807, 2.05) is 0 Å². The lowest BCUT2D eigenvalue weighted by atomic mass is 10.1. The summed E-state index contributed by atoms with van der Waals surface area (Å²) in [7, 11) is 0. The fourth-order valence-corrected chi connectivity index (χ4v) is 3.15. The normalized spacial score (nSPS) is 10.4. The van der Waals surface area contributed by atoms with Crippen molar-refractivity contribution in [2.24, 2.45) is 0 Å². The number of nitrogens with zero attached hydrogens (tertiary/aromatic N) is 1. The molecule has 0 aliphatic rings. The molecule has 0 bridgehead atoms. The average Bonchev–Trinajstić information content (AvgIpc) is 2.85. The maximum absolute atomic E-state index is 11.9. The fraction of sp³-hybridized carbons (Fsp3) is 0.154. The summed E-state index contributed by atoms with van der Waals surface area (Å²) in [5, 5.41) is 12.0. The first kappa shape index (κ1) is 15.9. The summed E-state index contributed by atoms with van der Waals surface area (Å²) in [5.41, 5.74) is 1.34. The number of aliphatic carboxylic acids is 1. The van der Waals surface area contributed by atoms with Gasteiger partial charge in [-0.3, -0.25) is 4.79 Å². The number of carbonyl (C=O) groups is 2. The van der Waals surface area contributed by atoms with Gasteiger partial charge in [0.25, 0.3) is 5.78 Å². The predicted octanol–water partition coefficient (Wildman–Crippen LogP) is 3.75. The molecule has 0 aliphatic carbocycles. The zero-order valence-electron chi connectivity index (χ0n) is 10.8. The van der Waals surface area contributed by atoms with Crippen LogP contribution in [0.5, 0.6) is 0 Å². The summed E-state index contributed by atoms with van der Waals surface area (Å²) >= 11 is 10.3. The van der Waals surface area contributed by atoms with Crippen LogP contribution in [-0.2, 0) is 11.3 Å². The number of aryl methyl sites for hydroxylation is 1. The molecule has 2 aromatic rings. The predicted molar refractivity (Wildman–Crippen MR) is 85.3 cm³/mol. The standard InChI is InChI=1S/C13H10BrClN2O3S/c1-6-2-3-8(9(10(6)14)11(18)12(19)20)16-4-7-5-17-13(15)21-7/h2-3,5,16H,4H2,1H3,(H,19,20). The second-order valence-electron chi connectivity index (χ2n) is 4.19. The van der Waals surface area contributed by atoms with Crippen molar-refractivity contribution in [3.63, 3.8) is 0 Å². The molecule has 1 heterocycles. The Morgan fingerprint density at radius 3 is 2.76 bits per heavy atom. The van der Waals surface area contributed by atoms with Crippen molar-refractivity contribution in [2.45, 2.75) is 13.5 Å². The SMILES string of the molecule is Cc1ccc(NCc2cnc(Cl)s2)c(C(=O)C(=O)O)c1Br. The van der Waals surface area contributed by atoms with Crippen LogP contribution >= 0.6 is 38.9 Å². The average molecular weight is 390 g/mol. The number of halogens is 2. The molecule has 0 saturated heterocycles. The number of carboxylic acids is 1. The van der Waals surface area contributed by atoms with Crippen molar-refractivity contribution >= 4 is 56.3 Å². The molecule has 5 nitrogen and oxygen atoms in total. The summed E-state index contributed by atoms with van der Waals surface area (Å²) < 4.78 is 0.904. The third-order valence-corrected chi connectivity index (χ3v) is 4.87. The van der Waals surface area contributed by atoms with Crippen LogP contribution in [0.15, 0.2) is 22.8 Å². The number of hydrogen-bond donors (Lipinski definition) is 2. The van der Waals surface area contributed by atoms with Crippen molar-refractivity contribution < 1.29 is 14.7 Å². The van der Waals surface area contributed by atoms with Gasteiger partial charge in [0.05, 0.1) is 12.1 Å². The van der Waals surface area contributed by atoms with Gasteiger partial charge in [-0.15, -0.1) is 11.3 Å². The van der Waals surface area contributed by atoms with E-state index in [0.717, 1.165) is 10.4 Å². The van der Waals surface area contributed by atoms with Crippen LogP contribution < -0.4 is 5.32 Å². The van der Waals surface area contributed by atoms with Gasteiger partial charge in [-0.1, -0.05) is 17.7 Å². The second-order valence-corrected chi connectivity index (χ2v) is 6.68. The first-order valence-corrected chi connectivity index (χ1v) is 7.79. The number of rotatable bonds is 5. The summed E-state index contributed by atoms with van der Waals surface area (Å²) in [6.45, 7) is 2.19. The Balaban J connectivity index is 2.32.